The molecule has 0 saturated carbocycles. The second-order valence-electron chi connectivity index (χ2n) is 33.8. The SMILES string of the molecule is c1ccc(-c2ccc(N(c3ccc(-c4cccc5ccccc45)cc3)c3ccc(-n4c5ccccc5c5ccccc54)cc3)cc2)cc1.c1ccc(-c2ccc(N(c3ccccc3)c3ccc(-c4cccc(-n5c6ccccc6c6ccccc65)c4)cc3)cc2)cc1.c1ccc(N(c2ccc(-c3cccc4ccccc34)cc2)c2ccc(-c3cccc4c3oc3ccccc34)cc2)cc1. The van der Waals surface area contributed by atoms with Gasteiger partial charge in [0.05, 0.1) is 22.1 Å². The molecule has 6 nitrogen and oxygen atoms in total. The third-order valence-corrected chi connectivity index (χ3v) is 25.9. The molecule has 25 aromatic rings. The highest BCUT2D eigenvalue weighted by molar-refractivity contribution is 6.12. The van der Waals surface area contributed by atoms with Gasteiger partial charge in [0.1, 0.15) is 11.2 Å². The molecular formula is C128H89N5O. The number of hydrogen-bond acceptors (Lipinski definition) is 4. The second-order valence-corrected chi connectivity index (χ2v) is 33.8. The van der Waals surface area contributed by atoms with Crippen LogP contribution in [0.4, 0.5) is 51.2 Å². The van der Waals surface area contributed by atoms with E-state index in [-0.39, 0.29) is 0 Å². The number of benzene rings is 22. The third kappa shape index (κ3) is 15.7. The van der Waals surface area contributed by atoms with Gasteiger partial charge in [0.25, 0.3) is 0 Å². The first-order valence-corrected chi connectivity index (χ1v) is 45.7. The molecule has 0 fully saturated rings. The minimum absolute atomic E-state index is 0.916. The first-order valence-electron chi connectivity index (χ1n) is 45.7. The quantitative estimate of drug-likeness (QED) is 0.0910. The molecule has 0 radical (unpaired) electrons. The molecule has 25 rings (SSSR count). The Morgan fingerprint density at radius 2 is 0.403 bits per heavy atom. The summed E-state index contributed by atoms with van der Waals surface area (Å²) >= 11 is 0. The average molecular weight is 1710 g/mol. The Morgan fingerprint density at radius 1 is 0.149 bits per heavy atom. The summed E-state index contributed by atoms with van der Waals surface area (Å²) in [5.41, 5.74) is 33.4. The maximum atomic E-state index is 6.32. The van der Waals surface area contributed by atoms with Crippen molar-refractivity contribution in [2.45, 2.75) is 0 Å². The van der Waals surface area contributed by atoms with Crippen LogP contribution in [0.1, 0.15) is 0 Å². The number of para-hydroxylation sites is 8. The van der Waals surface area contributed by atoms with Gasteiger partial charge in [-0.05, 0) is 247 Å². The van der Waals surface area contributed by atoms with Gasteiger partial charge in [-0.1, -0.05) is 376 Å². The lowest BCUT2D eigenvalue weighted by Gasteiger charge is -2.26. The van der Waals surface area contributed by atoms with Crippen molar-refractivity contribution >= 4 is 138 Å². The first-order chi connectivity index (χ1) is 66.5. The van der Waals surface area contributed by atoms with E-state index in [1.54, 1.807) is 0 Å². The maximum Gasteiger partial charge on any atom is 0.143 e. The van der Waals surface area contributed by atoms with Crippen LogP contribution in [0.25, 0.3) is 165 Å². The summed E-state index contributed by atoms with van der Waals surface area (Å²) in [6, 6.07) is 193. The molecule has 3 heterocycles. The van der Waals surface area contributed by atoms with Crippen LogP contribution in [0.2, 0.25) is 0 Å². The minimum Gasteiger partial charge on any atom is -0.455 e. The highest BCUT2D eigenvalue weighted by atomic mass is 16.3. The maximum absolute atomic E-state index is 6.32. The van der Waals surface area contributed by atoms with Gasteiger partial charge < -0.3 is 28.3 Å². The molecule has 0 N–H and O–H groups in total. The van der Waals surface area contributed by atoms with E-state index in [2.05, 4.69) is 552 Å². The number of aromatic nitrogens is 2. The fourth-order valence-electron chi connectivity index (χ4n) is 19.4. The molecule has 0 bridgehead atoms. The molecule has 0 aliphatic rings. The lowest BCUT2D eigenvalue weighted by molar-refractivity contribution is 0.670. The first kappa shape index (κ1) is 80.7. The van der Waals surface area contributed by atoms with Crippen LogP contribution in [-0.4, -0.2) is 9.13 Å². The number of rotatable bonds is 17. The zero-order valence-corrected chi connectivity index (χ0v) is 73.5. The van der Waals surface area contributed by atoms with Crippen molar-refractivity contribution in [3.63, 3.8) is 0 Å². The summed E-state index contributed by atoms with van der Waals surface area (Å²) in [6.45, 7) is 0. The molecule has 3 aromatic heterocycles. The zero-order valence-electron chi connectivity index (χ0n) is 73.5. The summed E-state index contributed by atoms with van der Waals surface area (Å²) in [7, 11) is 0. The normalized spacial score (nSPS) is 11.3. The second kappa shape index (κ2) is 36.0. The van der Waals surface area contributed by atoms with E-state index in [9.17, 15) is 0 Å². The van der Waals surface area contributed by atoms with Crippen LogP contribution in [-0.2, 0) is 0 Å². The molecule has 134 heavy (non-hydrogen) atoms. The van der Waals surface area contributed by atoms with Crippen molar-refractivity contribution in [3.05, 3.63) is 540 Å². The number of hydrogen-bond donors (Lipinski definition) is 0. The Balaban J connectivity index is 0.000000114. The van der Waals surface area contributed by atoms with Crippen molar-refractivity contribution in [1.29, 1.82) is 0 Å². The monoisotopic (exact) mass is 1710 g/mol. The van der Waals surface area contributed by atoms with Gasteiger partial charge in [0.15, 0.2) is 0 Å². The molecule has 0 aliphatic carbocycles. The van der Waals surface area contributed by atoms with Crippen LogP contribution in [0.5, 0.6) is 0 Å². The largest absolute Gasteiger partial charge is 0.455 e. The van der Waals surface area contributed by atoms with Crippen molar-refractivity contribution in [3.8, 4) is 78.1 Å². The van der Waals surface area contributed by atoms with Crippen molar-refractivity contribution in [2.24, 2.45) is 0 Å². The van der Waals surface area contributed by atoms with E-state index >= 15 is 0 Å². The van der Waals surface area contributed by atoms with Gasteiger partial charge in [-0.2, -0.15) is 0 Å². The third-order valence-electron chi connectivity index (χ3n) is 25.9. The summed E-state index contributed by atoms with van der Waals surface area (Å²) in [5, 5.41) is 12.4. The molecule has 0 saturated heterocycles. The van der Waals surface area contributed by atoms with Gasteiger partial charge >= 0.3 is 0 Å². The molecule has 0 atom stereocenters. The van der Waals surface area contributed by atoms with Crippen LogP contribution in [0.3, 0.4) is 0 Å². The van der Waals surface area contributed by atoms with E-state index in [0.717, 1.165) is 95.6 Å². The van der Waals surface area contributed by atoms with Gasteiger partial charge in [-0.25, -0.2) is 0 Å². The lowest BCUT2D eigenvalue weighted by Crippen LogP contribution is -2.10. The van der Waals surface area contributed by atoms with E-state index < -0.39 is 0 Å². The highest BCUT2D eigenvalue weighted by Gasteiger charge is 2.22. The van der Waals surface area contributed by atoms with Crippen molar-refractivity contribution in [1.82, 2.24) is 9.13 Å². The lowest BCUT2D eigenvalue weighted by atomic mass is 9.98. The van der Waals surface area contributed by atoms with Gasteiger partial charge in [-0.3, -0.25) is 0 Å². The smallest absolute Gasteiger partial charge is 0.143 e. The summed E-state index contributed by atoms with van der Waals surface area (Å²) < 4.78 is 11.1. The molecular weight excluding hydrogens is 1620 g/mol. The van der Waals surface area contributed by atoms with Crippen LogP contribution in [0, 0.1) is 0 Å². The summed E-state index contributed by atoms with van der Waals surface area (Å²) in [4.78, 5) is 6.96. The molecule has 0 amide bonds. The Bertz CT molecular complexity index is 8370. The standard InChI is InChI=1S/C46H32N2.C42H30N2.C40H27NO/c1-2-11-33(12-3-1)34-21-25-37(26-22-34)47(38-27-23-36(24-28-38)42-18-10-14-35-13-4-5-15-41(35)42)39-29-31-40(32-30-39)48-45-19-8-6-16-43(45)44-17-7-9-20-46(44)48;1-3-12-31(13-4-1)32-22-26-36(27-23-32)43(35-15-5-2-6-16-35)37-28-24-33(25-29-37)34-14-11-17-38(30-34)44-41-20-9-7-18-39(41)40-19-8-10-21-42(40)44;1-2-12-31(13-3-1)41(32-24-20-29(21-25-32)35-16-8-11-28-10-4-5-14-34(28)35)33-26-22-30(23-27-33)36-17-9-18-38-37-15-6-7-19-39(37)42-40(36)38/h1-32H;1-30H;1-27H. The van der Waals surface area contributed by atoms with Gasteiger partial charge in [0.2, 0.25) is 0 Å². The molecule has 632 valence electrons. The van der Waals surface area contributed by atoms with E-state index in [1.807, 2.05) is 12.1 Å². The molecule has 6 heteroatoms. The van der Waals surface area contributed by atoms with Gasteiger partial charge in [0, 0.05) is 100 Å². The zero-order chi connectivity index (χ0) is 89.0. The van der Waals surface area contributed by atoms with Gasteiger partial charge in [-0.15, -0.1) is 0 Å². The van der Waals surface area contributed by atoms with E-state index in [4.69, 9.17) is 4.42 Å². The fraction of sp³-hybridized carbons (Fsp3) is 0. The predicted octanol–water partition coefficient (Wildman–Crippen LogP) is 35.9. The molecule has 22 aromatic carbocycles. The summed E-state index contributed by atoms with van der Waals surface area (Å²) in [6.07, 6.45) is 0. The Labute approximate surface area is 779 Å². The van der Waals surface area contributed by atoms with Crippen LogP contribution < -0.4 is 14.7 Å². The number of anilines is 9. The average Bonchev–Trinajstić information content (AvgIpc) is 1.63. The van der Waals surface area contributed by atoms with Crippen molar-refractivity contribution in [2.75, 3.05) is 14.7 Å². The Hall–Kier alpha value is -17.8. The Morgan fingerprint density at radius 3 is 0.806 bits per heavy atom. The topological polar surface area (TPSA) is 32.7 Å². The fourth-order valence-corrected chi connectivity index (χ4v) is 19.4. The number of furan rings is 1. The summed E-state index contributed by atoms with van der Waals surface area (Å²) in [5.74, 6) is 0. The minimum atomic E-state index is 0.916. The van der Waals surface area contributed by atoms with Crippen molar-refractivity contribution < 1.29 is 4.42 Å². The number of fused-ring (bicyclic) bond motifs is 11. The molecule has 0 unspecified atom stereocenters. The molecule has 0 spiro atoms. The van der Waals surface area contributed by atoms with E-state index in [1.165, 1.54) is 121 Å². The van der Waals surface area contributed by atoms with Crippen LogP contribution >= 0.6 is 0 Å². The number of nitrogens with zero attached hydrogens (tertiary/aromatic N) is 5. The van der Waals surface area contributed by atoms with E-state index in [0.29, 0.717) is 0 Å². The predicted molar refractivity (Wildman–Crippen MR) is 567 cm³/mol. The highest BCUT2D eigenvalue weighted by Crippen LogP contribution is 2.46. The molecule has 0 aliphatic heterocycles. The Kier molecular flexibility index (Phi) is 21.7. The van der Waals surface area contributed by atoms with Crippen LogP contribution in [0.15, 0.2) is 544 Å².